The van der Waals surface area contributed by atoms with Gasteiger partial charge < -0.3 is 10.5 Å². The number of hydrogen-bond acceptors (Lipinski definition) is 7. The summed E-state index contributed by atoms with van der Waals surface area (Å²) in [5, 5.41) is 9.37. The molecule has 0 aromatic carbocycles. The fourth-order valence-electron chi connectivity index (χ4n) is 2.08. The van der Waals surface area contributed by atoms with Crippen molar-refractivity contribution in [2.75, 3.05) is 12.8 Å². The zero-order chi connectivity index (χ0) is 16.2. The van der Waals surface area contributed by atoms with Gasteiger partial charge >= 0.3 is 0 Å². The van der Waals surface area contributed by atoms with E-state index in [9.17, 15) is 5.26 Å². The highest BCUT2D eigenvalue weighted by molar-refractivity contribution is 5.74. The number of rotatable bonds is 3. The van der Waals surface area contributed by atoms with Crippen LogP contribution in [0.15, 0.2) is 43.0 Å². The van der Waals surface area contributed by atoms with E-state index in [1.807, 2.05) is 12.1 Å². The Balaban J connectivity index is 2.22. The molecule has 0 saturated heterocycles. The van der Waals surface area contributed by atoms with Crippen molar-refractivity contribution < 1.29 is 4.74 Å². The largest absolute Gasteiger partial charge is 0.495 e. The smallest absolute Gasteiger partial charge is 0.163 e. The lowest BCUT2D eigenvalue weighted by Gasteiger charge is -2.09. The monoisotopic (exact) mass is 304 g/mol. The summed E-state index contributed by atoms with van der Waals surface area (Å²) in [7, 11) is 1.54. The van der Waals surface area contributed by atoms with Gasteiger partial charge in [-0.1, -0.05) is 0 Å². The summed E-state index contributed by atoms with van der Waals surface area (Å²) in [6.45, 7) is 0. The molecule has 0 aliphatic carbocycles. The Kier molecular flexibility index (Phi) is 3.80. The first kappa shape index (κ1) is 14.4. The molecular weight excluding hydrogens is 292 g/mol. The second-order valence-corrected chi connectivity index (χ2v) is 4.62. The number of pyridine rings is 2. The van der Waals surface area contributed by atoms with Gasteiger partial charge in [-0.15, -0.1) is 0 Å². The van der Waals surface area contributed by atoms with Gasteiger partial charge in [0, 0.05) is 29.7 Å². The van der Waals surface area contributed by atoms with Crippen molar-refractivity contribution in [1.82, 2.24) is 19.9 Å². The number of nitrogens with zero attached hydrogens (tertiary/aromatic N) is 5. The zero-order valence-electron chi connectivity index (χ0n) is 12.3. The van der Waals surface area contributed by atoms with Gasteiger partial charge in [-0.25, -0.2) is 9.97 Å². The minimum absolute atomic E-state index is 0.110. The summed E-state index contributed by atoms with van der Waals surface area (Å²) in [4.78, 5) is 16.8. The molecule has 0 bridgehead atoms. The van der Waals surface area contributed by atoms with Gasteiger partial charge in [0.15, 0.2) is 5.82 Å². The van der Waals surface area contributed by atoms with Gasteiger partial charge in [0.1, 0.15) is 23.2 Å². The molecule has 3 aromatic heterocycles. The van der Waals surface area contributed by atoms with E-state index in [-0.39, 0.29) is 11.4 Å². The fourth-order valence-corrected chi connectivity index (χ4v) is 2.08. The summed E-state index contributed by atoms with van der Waals surface area (Å²) in [6.07, 6.45) is 6.46. The normalized spacial score (nSPS) is 10.1. The summed E-state index contributed by atoms with van der Waals surface area (Å²) in [5.74, 6) is 1.07. The summed E-state index contributed by atoms with van der Waals surface area (Å²) < 4.78 is 5.16. The SMILES string of the molecule is COc1cncc(-c2nc(-c3cccnc3)nc(N)c2C#N)c1. The number of hydrogen-bond donors (Lipinski definition) is 1. The quantitative estimate of drug-likeness (QED) is 0.788. The molecule has 0 unspecified atom stereocenters. The lowest BCUT2D eigenvalue weighted by Crippen LogP contribution is -2.03. The van der Waals surface area contributed by atoms with E-state index in [1.54, 1.807) is 44.0 Å². The number of anilines is 1. The second-order valence-electron chi connectivity index (χ2n) is 4.62. The molecule has 3 heterocycles. The molecule has 0 radical (unpaired) electrons. The van der Waals surface area contributed by atoms with E-state index >= 15 is 0 Å². The van der Waals surface area contributed by atoms with Crippen molar-refractivity contribution in [1.29, 1.82) is 5.26 Å². The highest BCUT2D eigenvalue weighted by Gasteiger charge is 2.16. The molecule has 3 aromatic rings. The zero-order valence-corrected chi connectivity index (χ0v) is 12.3. The van der Waals surface area contributed by atoms with Gasteiger partial charge in [-0.05, 0) is 18.2 Å². The molecule has 0 spiro atoms. The van der Waals surface area contributed by atoms with E-state index in [4.69, 9.17) is 10.5 Å². The average molecular weight is 304 g/mol. The lowest BCUT2D eigenvalue weighted by atomic mass is 10.1. The molecule has 0 saturated carbocycles. The molecule has 112 valence electrons. The molecule has 0 atom stereocenters. The van der Waals surface area contributed by atoms with Crippen LogP contribution in [0.1, 0.15) is 5.56 Å². The maximum absolute atomic E-state index is 9.37. The number of methoxy groups -OCH3 is 1. The van der Waals surface area contributed by atoms with Crippen molar-refractivity contribution in [3.8, 4) is 34.5 Å². The van der Waals surface area contributed by atoms with Crippen molar-refractivity contribution in [2.24, 2.45) is 0 Å². The summed E-state index contributed by atoms with van der Waals surface area (Å²) in [5.41, 5.74) is 7.88. The number of nitriles is 1. The Morgan fingerprint density at radius 2 is 1.96 bits per heavy atom. The van der Waals surface area contributed by atoms with Crippen LogP contribution in [0.5, 0.6) is 5.75 Å². The molecule has 0 aliphatic heterocycles. The van der Waals surface area contributed by atoms with Gasteiger partial charge in [0.25, 0.3) is 0 Å². The third-order valence-corrected chi connectivity index (χ3v) is 3.19. The lowest BCUT2D eigenvalue weighted by molar-refractivity contribution is 0.413. The Hall–Kier alpha value is -3.53. The Morgan fingerprint density at radius 3 is 2.65 bits per heavy atom. The van der Waals surface area contributed by atoms with E-state index < -0.39 is 0 Å². The van der Waals surface area contributed by atoms with Crippen LogP contribution in [0.2, 0.25) is 0 Å². The molecule has 7 heteroatoms. The van der Waals surface area contributed by atoms with Gasteiger partial charge in [0.05, 0.1) is 19.0 Å². The van der Waals surface area contributed by atoms with Crippen molar-refractivity contribution in [2.45, 2.75) is 0 Å². The minimum atomic E-state index is 0.110. The molecule has 0 aliphatic rings. The summed E-state index contributed by atoms with van der Waals surface area (Å²) in [6, 6.07) is 7.38. The molecule has 0 fully saturated rings. The van der Waals surface area contributed by atoms with Crippen molar-refractivity contribution in [3.05, 3.63) is 48.5 Å². The van der Waals surface area contributed by atoms with Crippen LogP contribution in [0.4, 0.5) is 5.82 Å². The predicted molar refractivity (Wildman–Crippen MR) is 84.2 cm³/mol. The maximum atomic E-state index is 9.37. The minimum Gasteiger partial charge on any atom is -0.495 e. The van der Waals surface area contributed by atoms with Crippen LogP contribution in [0, 0.1) is 11.3 Å². The Labute approximate surface area is 132 Å². The van der Waals surface area contributed by atoms with Crippen molar-refractivity contribution >= 4 is 5.82 Å². The molecular formula is C16H12N6O. The van der Waals surface area contributed by atoms with Crippen molar-refractivity contribution in [3.63, 3.8) is 0 Å². The summed E-state index contributed by atoms with van der Waals surface area (Å²) >= 11 is 0. The van der Waals surface area contributed by atoms with E-state index in [1.165, 1.54) is 0 Å². The second kappa shape index (κ2) is 6.07. The predicted octanol–water partition coefficient (Wildman–Crippen LogP) is 2.06. The average Bonchev–Trinajstić information content (AvgIpc) is 2.61. The molecule has 2 N–H and O–H groups in total. The molecule has 23 heavy (non-hydrogen) atoms. The maximum Gasteiger partial charge on any atom is 0.163 e. The van der Waals surface area contributed by atoms with Crippen LogP contribution in [-0.4, -0.2) is 27.0 Å². The van der Waals surface area contributed by atoms with Gasteiger partial charge in [-0.3, -0.25) is 9.97 Å². The standard InChI is InChI=1S/C16H12N6O/c1-23-12-5-11(8-20-9-12)14-13(6-17)15(18)22-16(21-14)10-3-2-4-19-7-10/h2-5,7-9H,1H3,(H2,18,21,22). The number of nitrogens with two attached hydrogens (primary N) is 1. The number of nitrogen functional groups attached to an aromatic ring is 1. The first-order valence-corrected chi connectivity index (χ1v) is 6.70. The Morgan fingerprint density at radius 1 is 1.13 bits per heavy atom. The van der Waals surface area contributed by atoms with Crippen LogP contribution < -0.4 is 10.5 Å². The van der Waals surface area contributed by atoms with Crippen LogP contribution >= 0.6 is 0 Å². The highest BCUT2D eigenvalue weighted by atomic mass is 16.5. The highest BCUT2D eigenvalue weighted by Crippen LogP contribution is 2.28. The van der Waals surface area contributed by atoms with Crippen LogP contribution in [-0.2, 0) is 0 Å². The Bertz CT molecular complexity index is 889. The first-order chi connectivity index (χ1) is 11.2. The van der Waals surface area contributed by atoms with Crippen LogP contribution in [0.3, 0.4) is 0 Å². The number of ether oxygens (including phenoxy) is 1. The van der Waals surface area contributed by atoms with Gasteiger partial charge in [-0.2, -0.15) is 5.26 Å². The van der Waals surface area contributed by atoms with Gasteiger partial charge in [0.2, 0.25) is 0 Å². The number of aromatic nitrogens is 4. The third kappa shape index (κ3) is 2.78. The topological polar surface area (TPSA) is 111 Å². The van der Waals surface area contributed by atoms with E-state index in [2.05, 4.69) is 19.9 Å². The molecule has 7 nitrogen and oxygen atoms in total. The van der Waals surface area contributed by atoms with E-state index in [0.717, 1.165) is 0 Å². The van der Waals surface area contributed by atoms with Crippen LogP contribution in [0.25, 0.3) is 22.6 Å². The van der Waals surface area contributed by atoms with E-state index in [0.29, 0.717) is 28.4 Å². The first-order valence-electron chi connectivity index (χ1n) is 6.70. The molecule has 3 rings (SSSR count). The fraction of sp³-hybridized carbons (Fsp3) is 0.0625. The third-order valence-electron chi connectivity index (χ3n) is 3.19. The molecule has 0 amide bonds.